The molecule has 0 atom stereocenters. The van der Waals surface area contributed by atoms with Crippen molar-refractivity contribution in [3.63, 3.8) is 0 Å². The van der Waals surface area contributed by atoms with Crippen molar-refractivity contribution < 1.29 is 4.79 Å². The minimum atomic E-state index is -0.217. The van der Waals surface area contributed by atoms with Crippen molar-refractivity contribution in [1.82, 2.24) is 4.90 Å². The lowest BCUT2D eigenvalue weighted by atomic mass is 10.1. The van der Waals surface area contributed by atoms with Crippen molar-refractivity contribution in [3.05, 3.63) is 39.4 Å². The van der Waals surface area contributed by atoms with Crippen LogP contribution < -0.4 is 0 Å². The summed E-state index contributed by atoms with van der Waals surface area (Å²) in [4.78, 5) is 14.2. The van der Waals surface area contributed by atoms with Gasteiger partial charge in [-0.3, -0.25) is 4.79 Å². The zero-order valence-corrected chi connectivity index (χ0v) is 13.1. The lowest BCUT2D eigenvalue weighted by molar-refractivity contribution is -0.126. The molecule has 110 valence electrons. The number of halogens is 2. The zero-order valence-electron chi connectivity index (χ0n) is 11.6. The molecule has 1 fully saturated rings. The predicted molar refractivity (Wildman–Crippen MR) is 85.1 cm³/mol. The zero-order chi connectivity index (χ0) is 15.2. The normalized spacial score (nSPS) is 16.2. The highest BCUT2D eigenvalue weighted by molar-refractivity contribution is 6.35. The molecule has 1 aliphatic heterocycles. The summed E-state index contributed by atoms with van der Waals surface area (Å²) >= 11 is 11.9. The topological polar surface area (TPSA) is 44.1 Å². The van der Waals surface area contributed by atoms with Crippen LogP contribution in [-0.2, 0) is 4.79 Å². The molecular weight excluding hydrogens is 307 g/mol. The molecule has 1 aliphatic rings. The fourth-order valence-corrected chi connectivity index (χ4v) is 2.82. The number of amides is 1. The Bertz CT molecular complexity index is 597. The Hall–Kier alpha value is -1.50. The third-order valence-corrected chi connectivity index (χ3v) is 4.07. The van der Waals surface area contributed by atoms with Crippen LogP contribution in [0.25, 0.3) is 6.08 Å². The summed E-state index contributed by atoms with van der Waals surface area (Å²) in [5.74, 6) is -0.217. The van der Waals surface area contributed by atoms with Crippen molar-refractivity contribution in [3.8, 4) is 6.07 Å². The summed E-state index contributed by atoms with van der Waals surface area (Å²) in [6.07, 6.45) is 5.79. The van der Waals surface area contributed by atoms with E-state index in [1.54, 1.807) is 23.1 Å². The van der Waals surface area contributed by atoms with Gasteiger partial charge in [0.15, 0.2) is 0 Å². The molecule has 1 aromatic rings. The van der Waals surface area contributed by atoms with Crippen LogP contribution in [-0.4, -0.2) is 23.9 Å². The molecule has 21 heavy (non-hydrogen) atoms. The molecule has 1 amide bonds. The Balaban J connectivity index is 2.23. The van der Waals surface area contributed by atoms with E-state index in [4.69, 9.17) is 23.2 Å². The second-order valence-corrected chi connectivity index (χ2v) is 5.89. The van der Waals surface area contributed by atoms with E-state index in [1.165, 1.54) is 6.08 Å². The largest absolute Gasteiger partial charge is 0.338 e. The van der Waals surface area contributed by atoms with Crippen LogP contribution >= 0.6 is 23.2 Å². The third kappa shape index (κ3) is 4.23. The van der Waals surface area contributed by atoms with Crippen molar-refractivity contribution in [2.75, 3.05) is 13.1 Å². The predicted octanol–water partition coefficient (Wildman–Crippen LogP) is 4.30. The minimum Gasteiger partial charge on any atom is -0.338 e. The molecule has 0 spiro atoms. The van der Waals surface area contributed by atoms with Crippen LogP contribution in [0.4, 0.5) is 0 Å². The molecule has 0 radical (unpaired) electrons. The lowest BCUT2D eigenvalue weighted by Crippen LogP contribution is -2.32. The highest BCUT2D eigenvalue weighted by atomic mass is 35.5. The first-order valence-corrected chi connectivity index (χ1v) is 7.73. The molecule has 1 aromatic carbocycles. The number of hydrogen-bond donors (Lipinski definition) is 0. The highest BCUT2D eigenvalue weighted by Crippen LogP contribution is 2.23. The summed E-state index contributed by atoms with van der Waals surface area (Å²) in [5.41, 5.74) is 0.738. The maximum atomic E-state index is 12.4. The number of carbonyl (C=O) groups excluding carboxylic acids is 1. The molecule has 0 saturated carbocycles. The molecule has 0 N–H and O–H groups in total. The number of rotatable bonds is 2. The van der Waals surface area contributed by atoms with Crippen LogP contribution in [0.1, 0.15) is 31.2 Å². The summed E-state index contributed by atoms with van der Waals surface area (Å²) in [7, 11) is 0. The van der Waals surface area contributed by atoms with E-state index in [9.17, 15) is 10.1 Å². The van der Waals surface area contributed by atoms with E-state index < -0.39 is 0 Å². The van der Waals surface area contributed by atoms with Gasteiger partial charge in [0.25, 0.3) is 5.91 Å². The van der Waals surface area contributed by atoms with Crippen molar-refractivity contribution in [1.29, 1.82) is 5.26 Å². The van der Waals surface area contributed by atoms with Crippen molar-refractivity contribution >= 4 is 35.2 Å². The molecule has 1 saturated heterocycles. The van der Waals surface area contributed by atoms with E-state index >= 15 is 0 Å². The van der Waals surface area contributed by atoms with E-state index in [0.717, 1.165) is 25.7 Å². The van der Waals surface area contributed by atoms with Gasteiger partial charge < -0.3 is 4.90 Å². The van der Waals surface area contributed by atoms with Gasteiger partial charge in [0.2, 0.25) is 0 Å². The van der Waals surface area contributed by atoms with E-state index in [-0.39, 0.29) is 11.5 Å². The summed E-state index contributed by atoms with van der Waals surface area (Å²) in [6, 6.07) is 6.98. The molecule has 0 aromatic heterocycles. The maximum absolute atomic E-state index is 12.4. The molecule has 1 heterocycles. The molecule has 0 aliphatic carbocycles. The van der Waals surface area contributed by atoms with Crippen LogP contribution in [0, 0.1) is 11.3 Å². The number of hydrogen-bond acceptors (Lipinski definition) is 2. The number of benzene rings is 1. The Morgan fingerprint density at radius 2 is 1.86 bits per heavy atom. The summed E-state index contributed by atoms with van der Waals surface area (Å²) in [5, 5.41) is 10.2. The van der Waals surface area contributed by atoms with Crippen LogP contribution in [0.5, 0.6) is 0 Å². The first-order chi connectivity index (χ1) is 10.1. The van der Waals surface area contributed by atoms with E-state index in [0.29, 0.717) is 28.7 Å². The molecule has 5 heteroatoms. The Kier molecular flexibility index (Phi) is 5.67. The van der Waals surface area contributed by atoms with Gasteiger partial charge in [-0.2, -0.15) is 5.26 Å². The van der Waals surface area contributed by atoms with Crippen LogP contribution in [0.15, 0.2) is 23.8 Å². The quantitative estimate of drug-likeness (QED) is 0.601. The van der Waals surface area contributed by atoms with Gasteiger partial charge in [0, 0.05) is 23.1 Å². The Labute approximate surface area is 134 Å². The standard InChI is InChI=1S/C16H16Cl2N2O/c17-14-6-5-12(15(18)10-14)9-13(11-19)16(21)20-7-3-1-2-4-8-20/h5-6,9-10H,1-4,7-8H2/b13-9-. The van der Waals surface area contributed by atoms with Gasteiger partial charge in [-0.05, 0) is 36.6 Å². The summed E-state index contributed by atoms with van der Waals surface area (Å²) in [6.45, 7) is 1.43. The second kappa shape index (κ2) is 7.49. The molecule has 2 rings (SSSR count). The minimum absolute atomic E-state index is 0.112. The van der Waals surface area contributed by atoms with E-state index in [1.807, 2.05) is 6.07 Å². The SMILES string of the molecule is N#C/C(=C/c1ccc(Cl)cc1Cl)C(=O)N1CCCCCC1. The number of carbonyl (C=O) groups is 1. The number of nitrogens with zero attached hydrogens (tertiary/aromatic N) is 2. The second-order valence-electron chi connectivity index (χ2n) is 5.04. The lowest BCUT2D eigenvalue weighted by Gasteiger charge is -2.19. The van der Waals surface area contributed by atoms with Gasteiger partial charge in [-0.1, -0.05) is 42.1 Å². The number of likely N-dealkylation sites (tertiary alicyclic amines) is 1. The molecule has 0 bridgehead atoms. The van der Waals surface area contributed by atoms with E-state index in [2.05, 4.69) is 0 Å². The first kappa shape index (κ1) is 15.9. The Morgan fingerprint density at radius 3 is 2.43 bits per heavy atom. The number of nitriles is 1. The fraction of sp³-hybridized carbons (Fsp3) is 0.375. The third-order valence-electron chi connectivity index (χ3n) is 3.51. The average Bonchev–Trinajstić information content (AvgIpc) is 2.75. The van der Waals surface area contributed by atoms with Gasteiger partial charge in [-0.25, -0.2) is 0 Å². The summed E-state index contributed by atoms with van der Waals surface area (Å²) < 4.78 is 0. The molecule has 0 unspecified atom stereocenters. The Morgan fingerprint density at radius 1 is 1.19 bits per heavy atom. The van der Waals surface area contributed by atoms with Gasteiger partial charge in [0.05, 0.1) is 0 Å². The smallest absolute Gasteiger partial charge is 0.264 e. The van der Waals surface area contributed by atoms with Crippen molar-refractivity contribution in [2.45, 2.75) is 25.7 Å². The maximum Gasteiger partial charge on any atom is 0.264 e. The van der Waals surface area contributed by atoms with Gasteiger partial charge in [0.1, 0.15) is 11.6 Å². The monoisotopic (exact) mass is 322 g/mol. The van der Waals surface area contributed by atoms with Crippen molar-refractivity contribution in [2.24, 2.45) is 0 Å². The van der Waals surface area contributed by atoms with Crippen LogP contribution in [0.2, 0.25) is 10.0 Å². The highest BCUT2D eigenvalue weighted by Gasteiger charge is 2.19. The van der Waals surface area contributed by atoms with Crippen LogP contribution in [0.3, 0.4) is 0 Å². The molecule has 3 nitrogen and oxygen atoms in total. The van der Waals surface area contributed by atoms with Gasteiger partial charge in [-0.15, -0.1) is 0 Å². The average molecular weight is 323 g/mol. The molecular formula is C16H16Cl2N2O. The fourth-order valence-electron chi connectivity index (χ4n) is 2.36. The van der Waals surface area contributed by atoms with Gasteiger partial charge >= 0.3 is 0 Å². The first-order valence-electron chi connectivity index (χ1n) is 6.98.